The first-order valence-electron chi connectivity index (χ1n) is 6.65. The van der Waals surface area contributed by atoms with Crippen LogP contribution in [0.1, 0.15) is 20.3 Å². The highest BCUT2D eigenvalue weighted by Gasteiger charge is 2.38. The zero-order valence-electron chi connectivity index (χ0n) is 12.0. The van der Waals surface area contributed by atoms with Crippen LogP contribution in [0.25, 0.3) is 0 Å². The molecule has 1 atom stereocenters. The molecule has 21 heavy (non-hydrogen) atoms. The Morgan fingerprint density at radius 2 is 1.90 bits per heavy atom. The fourth-order valence-corrected chi connectivity index (χ4v) is 4.05. The lowest BCUT2D eigenvalue weighted by Gasteiger charge is -2.41. The fraction of sp³-hybridized carbons (Fsp3) is 0.538. The van der Waals surface area contributed by atoms with Crippen LogP contribution in [0.2, 0.25) is 0 Å². The van der Waals surface area contributed by atoms with Gasteiger partial charge in [0.05, 0.1) is 9.82 Å². The van der Waals surface area contributed by atoms with Crippen molar-refractivity contribution in [1.82, 2.24) is 4.31 Å². The van der Waals surface area contributed by atoms with Crippen LogP contribution in [-0.2, 0) is 10.0 Å². The molecule has 1 saturated heterocycles. The number of nitrogens with two attached hydrogens (primary N) is 1. The van der Waals surface area contributed by atoms with Crippen molar-refractivity contribution in [2.24, 2.45) is 11.1 Å². The van der Waals surface area contributed by atoms with E-state index in [1.165, 1.54) is 28.6 Å². The molecule has 1 aromatic rings. The quantitative estimate of drug-likeness (QED) is 0.669. The molecule has 2 rings (SSSR count). The molecule has 1 heterocycles. The molecule has 0 amide bonds. The number of non-ortho nitro benzene ring substituents is 1. The highest BCUT2D eigenvalue weighted by molar-refractivity contribution is 7.89. The maximum Gasteiger partial charge on any atom is 0.269 e. The highest BCUT2D eigenvalue weighted by atomic mass is 32.2. The number of piperidine rings is 1. The summed E-state index contributed by atoms with van der Waals surface area (Å²) < 4.78 is 26.6. The Morgan fingerprint density at radius 1 is 1.33 bits per heavy atom. The van der Waals surface area contributed by atoms with Crippen molar-refractivity contribution in [3.8, 4) is 0 Å². The Labute approximate surface area is 123 Å². The third-order valence-corrected chi connectivity index (χ3v) is 5.82. The average Bonchev–Trinajstić information content (AvgIpc) is 2.41. The fourth-order valence-electron chi connectivity index (χ4n) is 2.42. The number of hydrogen-bond acceptors (Lipinski definition) is 5. The molecule has 1 aliphatic heterocycles. The zero-order valence-corrected chi connectivity index (χ0v) is 12.8. The minimum Gasteiger partial charge on any atom is -0.327 e. The van der Waals surface area contributed by atoms with Crippen LogP contribution in [0.15, 0.2) is 29.2 Å². The molecule has 2 N–H and O–H groups in total. The van der Waals surface area contributed by atoms with E-state index in [4.69, 9.17) is 5.73 Å². The SMILES string of the molecule is CC1(C)CN(S(=O)(=O)c2ccc([N+](=O)[O-])cc2)CCC1N. The van der Waals surface area contributed by atoms with Gasteiger partial charge in [-0.15, -0.1) is 0 Å². The lowest BCUT2D eigenvalue weighted by Crippen LogP contribution is -2.53. The van der Waals surface area contributed by atoms with Crippen LogP contribution in [0, 0.1) is 15.5 Å². The Hall–Kier alpha value is -1.51. The number of sulfonamides is 1. The molecule has 1 aliphatic rings. The Morgan fingerprint density at radius 3 is 2.38 bits per heavy atom. The van der Waals surface area contributed by atoms with Crippen molar-refractivity contribution in [3.63, 3.8) is 0 Å². The molecule has 0 aliphatic carbocycles. The largest absolute Gasteiger partial charge is 0.327 e. The van der Waals surface area contributed by atoms with E-state index >= 15 is 0 Å². The van der Waals surface area contributed by atoms with E-state index in [2.05, 4.69) is 0 Å². The lowest BCUT2D eigenvalue weighted by molar-refractivity contribution is -0.384. The standard InChI is InChI=1S/C13H19N3O4S/c1-13(2)9-15(8-7-12(13)14)21(19,20)11-5-3-10(4-6-11)16(17)18/h3-6,12H,7-9,14H2,1-2H3. The van der Waals surface area contributed by atoms with Crippen LogP contribution in [0.3, 0.4) is 0 Å². The van der Waals surface area contributed by atoms with Gasteiger partial charge in [0.25, 0.3) is 5.69 Å². The van der Waals surface area contributed by atoms with Gasteiger partial charge in [-0.1, -0.05) is 13.8 Å². The van der Waals surface area contributed by atoms with Crippen molar-refractivity contribution < 1.29 is 13.3 Å². The Bertz CT molecular complexity index is 640. The molecule has 1 aromatic carbocycles. The molecule has 0 aromatic heterocycles. The summed E-state index contributed by atoms with van der Waals surface area (Å²) in [6.07, 6.45) is 0.596. The number of rotatable bonds is 3. The van der Waals surface area contributed by atoms with E-state index in [0.29, 0.717) is 19.5 Å². The van der Waals surface area contributed by atoms with Gasteiger partial charge in [-0.25, -0.2) is 8.42 Å². The maximum atomic E-state index is 12.6. The summed E-state index contributed by atoms with van der Waals surface area (Å²) in [5.41, 5.74) is 5.58. The van der Waals surface area contributed by atoms with E-state index in [1.54, 1.807) is 0 Å². The van der Waals surface area contributed by atoms with Gasteiger partial charge in [-0.2, -0.15) is 4.31 Å². The summed E-state index contributed by atoms with van der Waals surface area (Å²) in [5.74, 6) is 0. The van der Waals surface area contributed by atoms with Crippen LogP contribution >= 0.6 is 0 Å². The zero-order chi connectivity index (χ0) is 15.8. The average molecular weight is 313 g/mol. The second-order valence-electron chi connectivity index (χ2n) is 5.97. The van der Waals surface area contributed by atoms with Gasteiger partial charge in [-0.3, -0.25) is 10.1 Å². The Kier molecular flexibility index (Phi) is 4.05. The van der Waals surface area contributed by atoms with Crippen LogP contribution in [0.4, 0.5) is 5.69 Å². The minimum atomic E-state index is -3.64. The summed E-state index contributed by atoms with van der Waals surface area (Å²) in [5, 5.41) is 10.6. The normalized spacial score (nSPS) is 22.9. The van der Waals surface area contributed by atoms with Gasteiger partial charge in [0.15, 0.2) is 0 Å². The third-order valence-electron chi connectivity index (χ3n) is 3.96. The van der Waals surface area contributed by atoms with Gasteiger partial charge in [-0.05, 0) is 24.0 Å². The van der Waals surface area contributed by atoms with Crippen molar-refractivity contribution in [3.05, 3.63) is 34.4 Å². The van der Waals surface area contributed by atoms with Gasteiger partial charge < -0.3 is 5.73 Å². The van der Waals surface area contributed by atoms with E-state index in [1.807, 2.05) is 13.8 Å². The van der Waals surface area contributed by atoms with Crippen molar-refractivity contribution in [2.75, 3.05) is 13.1 Å². The molecule has 0 spiro atoms. The molecule has 0 bridgehead atoms. The van der Waals surface area contributed by atoms with Crippen LogP contribution in [0.5, 0.6) is 0 Å². The van der Waals surface area contributed by atoms with Crippen molar-refractivity contribution in [1.29, 1.82) is 0 Å². The van der Waals surface area contributed by atoms with Crippen molar-refractivity contribution in [2.45, 2.75) is 31.2 Å². The smallest absolute Gasteiger partial charge is 0.269 e. The summed E-state index contributed by atoms with van der Waals surface area (Å²) >= 11 is 0. The monoisotopic (exact) mass is 313 g/mol. The summed E-state index contributed by atoms with van der Waals surface area (Å²) in [6.45, 7) is 4.59. The number of nitro groups is 1. The molecular weight excluding hydrogens is 294 g/mol. The number of nitro benzene ring substituents is 1. The van der Waals surface area contributed by atoms with E-state index in [-0.39, 0.29) is 22.0 Å². The van der Waals surface area contributed by atoms with Gasteiger partial charge >= 0.3 is 0 Å². The van der Waals surface area contributed by atoms with Crippen LogP contribution in [-0.4, -0.2) is 36.8 Å². The predicted molar refractivity (Wildman–Crippen MR) is 78.2 cm³/mol. The summed E-state index contributed by atoms with van der Waals surface area (Å²) in [7, 11) is -3.64. The Balaban J connectivity index is 2.28. The highest BCUT2D eigenvalue weighted by Crippen LogP contribution is 2.31. The molecule has 0 radical (unpaired) electrons. The first-order valence-corrected chi connectivity index (χ1v) is 8.09. The van der Waals surface area contributed by atoms with Gasteiger partial charge in [0.1, 0.15) is 0 Å². The topological polar surface area (TPSA) is 107 Å². The third kappa shape index (κ3) is 3.07. The minimum absolute atomic E-state index is 0.0409. The summed E-state index contributed by atoms with van der Waals surface area (Å²) in [6, 6.07) is 4.91. The van der Waals surface area contributed by atoms with Gasteiger partial charge in [0.2, 0.25) is 10.0 Å². The second-order valence-corrected chi connectivity index (χ2v) is 7.91. The molecule has 8 heteroatoms. The predicted octanol–water partition coefficient (Wildman–Crippen LogP) is 1.34. The second kappa shape index (κ2) is 5.36. The molecular formula is C13H19N3O4S. The molecule has 7 nitrogen and oxygen atoms in total. The maximum absolute atomic E-state index is 12.6. The molecule has 1 fully saturated rings. The number of nitrogens with zero attached hydrogens (tertiary/aromatic N) is 2. The summed E-state index contributed by atoms with van der Waals surface area (Å²) in [4.78, 5) is 10.1. The first kappa shape index (κ1) is 15.9. The van der Waals surface area contributed by atoms with E-state index < -0.39 is 14.9 Å². The van der Waals surface area contributed by atoms with E-state index in [0.717, 1.165) is 0 Å². The number of benzene rings is 1. The van der Waals surface area contributed by atoms with Gasteiger partial charge in [0, 0.05) is 31.3 Å². The molecule has 0 saturated carbocycles. The van der Waals surface area contributed by atoms with Crippen molar-refractivity contribution >= 4 is 15.7 Å². The molecule has 116 valence electrons. The van der Waals surface area contributed by atoms with Crippen LogP contribution < -0.4 is 5.73 Å². The lowest BCUT2D eigenvalue weighted by atomic mass is 9.81. The first-order chi connectivity index (χ1) is 9.64. The molecule has 1 unspecified atom stereocenters. The van der Waals surface area contributed by atoms with E-state index in [9.17, 15) is 18.5 Å². The number of hydrogen-bond donors (Lipinski definition) is 1.